The van der Waals surface area contributed by atoms with Crippen LogP contribution in [0.1, 0.15) is 13.3 Å². The lowest BCUT2D eigenvalue weighted by Gasteiger charge is -2.11. The van der Waals surface area contributed by atoms with E-state index in [1.807, 2.05) is 0 Å². The molecule has 0 saturated carbocycles. The molecule has 0 heterocycles. The number of nitrogens with two attached hydrogens (primary N) is 1. The lowest BCUT2D eigenvalue weighted by atomic mass is 10.3. The molecule has 0 radical (unpaired) electrons. The fourth-order valence-corrected chi connectivity index (χ4v) is 3.23. The van der Waals surface area contributed by atoms with Crippen molar-refractivity contribution in [2.75, 3.05) is 0 Å². The smallest absolute Gasteiger partial charge is 0.225 e. The summed E-state index contributed by atoms with van der Waals surface area (Å²) < 4.78 is 48.6. The first-order valence-electron chi connectivity index (χ1n) is 5.32. The van der Waals surface area contributed by atoms with E-state index < -0.39 is 26.1 Å². The summed E-state index contributed by atoms with van der Waals surface area (Å²) in [4.78, 5) is -0.475. The van der Waals surface area contributed by atoms with Crippen molar-refractivity contribution in [3.63, 3.8) is 0 Å². The van der Waals surface area contributed by atoms with Crippen LogP contribution >= 0.6 is 0 Å². The molecule has 0 spiro atoms. The van der Waals surface area contributed by atoms with Crippen LogP contribution in [0.3, 0.4) is 0 Å². The average Bonchev–Trinajstić information content (AvgIpc) is 2.35. The first kappa shape index (κ1) is 15.7. The predicted molar refractivity (Wildman–Crippen MR) is 71.0 cm³/mol. The summed E-state index contributed by atoms with van der Waals surface area (Å²) in [5.41, 5.74) is 0. The van der Waals surface area contributed by atoms with E-state index in [4.69, 9.17) is 11.6 Å². The number of hydrogen-bond acceptors (Lipinski definition) is 4. The molecule has 1 aromatic carbocycles. The number of terminal acetylenes is 1. The molecular formula is C11H14N2O4S2. The van der Waals surface area contributed by atoms with Gasteiger partial charge in [0.25, 0.3) is 0 Å². The lowest BCUT2D eigenvalue weighted by Crippen LogP contribution is -2.33. The van der Waals surface area contributed by atoms with Crippen molar-refractivity contribution >= 4 is 20.0 Å². The highest BCUT2D eigenvalue weighted by Crippen LogP contribution is 2.15. The van der Waals surface area contributed by atoms with Crippen LogP contribution in [0.2, 0.25) is 0 Å². The van der Waals surface area contributed by atoms with Gasteiger partial charge in [-0.25, -0.2) is 22.0 Å². The molecule has 0 aliphatic heterocycles. The normalized spacial score (nSPS) is 13.7. The molecular weight excluding hydrogens is 288 g/mol. The van der Waals surface area contributed by atoms with Gasteiger partial charge in [-0.05, 0) is 24.6 Å². The molecule has 3 N–H and O–H groups in total. The first-order valence-corrected chi connectivity index (χ1v) is 8.35. The fraction of sp³-hybridized carbons (Fsp3) is 0.273. The van der Waals surface area contributed by atoms with E-state index in [0.717, 1.165) is 6.07 Å². The van der Waals surface area contributed by atoms with Crippen molar-refractivity contribution in [2.24, 2.45) is 5.14 Å². The highest BCUT2D eigenvalue weighted by molar-refractivity contribution is 7.90. The largest absolute Gasteiger partial charge is 0.241 e. The van der Waals surface area contributed by atoms with E-state index in [9.17, 15) is 16.8 Å². The van der Waals surface area contributed by atoms with E-state index in [1.54, 1.807) is 6.92 Å². The molecule has 1 aromatic rings. The number of hydrogen-bond donors (Lipinski definition) is 2. The summed E-state index contributed by atoms with van der Waals surface area (Å²) in [5.74, 6) is 2.29. The second-order valence-corrected chi connectivity index (χ2v) is 7.04. The van der Waals surface area contributed by atoms with Crippen molar-refractivity contribution < 1.29 is 16.8 Å². The molecule has 1 rings (SSSR count). The fourth-order valence-electron chi connectivity index (χ4n) is 1.31. The van der Waals surface area contributed by atoms with Gasteiger partial charge in [-0.3, -0.25) is 0 Å². The summed E-state index contributed by atoms with van der Waals surface area (Å²) >= 11 is 0. The highest BCUT2D eigenvalue weighted by Gasteiger charge is 2.19. The SMILES string of the molecule is C#CC(CC)NS(=O)(=O)c1cccc(S(N)(=O)=O)c1. The van der Waals surface area contributed by atoms with Gasteiger partial charge in [0.1, 0.15) is 0 Å². The van der Waals surface area contributed by atoms with Crippen LogP contribution < -0.4 is 9.86 Å². The number of rotatable bonds is 5. The molecule has 0 fully saturated rings. The van der Waals surface area contributed by atoms with Crippen LogP contribution in [0.4, 0.5) is 0 Å². The zero-order valence-electron chi connectivity index (χ0n) is 10.2. The molecule has 19 heavy (non-hydrogen) atoms. The Morgan fingerprint density at radius 3 is 2.37 bits per heavy atom. The Bertz CT molecular complexity index is 702. The molecule has 8 heteroatoms. The maximum atomic E-state index is 12.0. The van der Waals surface area contributed by atoms with Gasteiger partial charge in [-0.15, -0.1) is 6.42 Å². The maximum Gasteiger partial charge on any atom is 0.241 e. The molecule has 104 valence electrons. The van der Waals surface area contributed by atoms with Gasteiger partial charge in [-0.2, -0.15) is 4.72 Å². The monoisotopic (exact) mass is 302 g/mol. The number of benzene rings is 1. The second kappa shape index (κ2) is 5.71. The summed E-state index contributed by atoms with van der Waals surface area (Å²) in [6, 6.07) is 4.11. The molecule has 6 nitrogen and oxygen atoms in total. The Labute approximate surface area is 113 Å². The molecule has 0 saturated heterocycles. The van der Waals surface area contributed by atoms with Crippen LogP contribution in [0.15, 0.2) is 34.1 Å². The molecule has 0 aromatic heterocycles. The Morgan fingerprint density at radius 2 is 1.89 bits per heavy atom. The third kappa shape index (κ3) is 4.04. The van der Waals surface area contributed by atoms with Crippen LogP contribution in [-0.2, 0) is 20.0 Å². The predicted octanol–water partition coefficient (Wildman–Crippen LogP) is 0.0241. The molecule has 0 bridgehead atoms. The Kier molecular flexibility index (Phi) is 4.70. The standard InChI is InChI=1S/C11H14N2O4S2/c1-3-9(4-2)13-19(16,17)11-7-5-6-10(8-11)18(12,14)15/h1,5-9,13H,4H2,2H3,(H2,12,14,15). The van der Waals surface area contributed by atoms with Crippen LogP contribution in [0.25, 0.3) is 0 Å². The van der Waals surface area contributed by atoms with Gasteiger partial charge in [0.2, 0.25) is 20.0 Å². The Balaban J connectivity index is 3.21. The van der Waals surface area contributed by atoms with Crippen molar-refractivity contribution in [3.8, 4) is 12.3 Å². The van der Waals surface area contributed by atoms with Gasteiger partial charge in [-0.1, -0.05) is 18.9 Å². The summed E-state index contributed by atoms with van der Waals surface area (Å²) in [6.45, 7) is 1.73. The van der Waals surface area contributed by atoms with Crippen LogP contribution in [0, 0.1) is 12.3 Å². The van der Waals surface area contributed by atoms with Gasteiger partial charge in [0.15, 0.2) is 0 Å². The molecule has 0 amide bonds. The zero-order valence-corrected chi connectivity index (χ0v) is 11.8. The summed E-state index contributed by atoms with van der Waals surface area (Å²) in [6.07, 6.45) is 5.60. The minimum atomic E-state index is -3.96. The topological polar surface area (TPSA) is 106 Å². The molecule has 1 atom stereocenters. The second-order valence-electron chi connectivity index (χ2n) is 3.77. The van der Waals surface area contributed by atoms with E-state index in [0.29, 0.717) is 6.42 Å². The Morgan fingerprint density at radius 1 is 1.32 bits per heavy atom. The van der Waals surface area contributed by atoms with Crippen molar-refractivity contribution in [3.05, 3.63) is 24.3 Å². The third-order valence-electron chi connectivity index (χ3n) is 2.35. The molecule has 0 aliphatic rings. The quantitative estimate of drug-likeness (QED) is 0.748. The van der Waals surface area contributed by atoms with E-state index in [1.165, 1.54) is 18.2 Å². The van der Waals surface area contributed by atoms with E-state index in [2.05, 4.69) is 10.6 Å². The first-order chi connectivity index (χ1) is 8.70. The van der Waals surface area contributed by atoms with E-state index >= 15 is 0 Å². The minimum absolute atomic E-state index is 0.201. The van der Waals surface area contributed by atoms with Crippen LogP contribution in [0.5, 0.6) is 0 Å². The number of primary sulfonamides is 1. The van der Waals surface area contributed by atoms with Crippen molar-refractivity contribution in [1.82, 2.24) is 4.72 Å². The number of nitrogens with one attached hydrogen (secondary N) is 1. The van der Waals surface area contributed by atoms with Gasteiger partial charge < -0.3 is 0 Å². The number of sulfonamides is 2. The van der Waals surface area contributed by atoms with Gasteiger partial charge >= 0.3 is 0 Å². The summed E-state index contributed by atoms with van der Waals surface area (Å²) in [7, 11) is -7.84. The van der Waals surface area contributed by atoms with Crippen molar-refractivity contribution in [2.45, 2.75) is 29.2 Å². The molecule has 0 aliphatic carbocycles. The average molecular weight is 302 g/mol. The van der Waals surface area contributed by atoms with Gasteiger partial charge in [0.05, 0.1) is 15.8 Å². The third-order valence-corrected chi connectivity index (χ3v) is 4.73. The lowest BCUT2D eigenvalue weighted by molar-refractivity contribution is 0.570. The van der Waals surface area contributed by atoms with E-state index in [-0.39, 0.29) is 9.79 Å². The minimum Gasteiger partial charge on any atom is -0.225 e. The highest BCUT2D eigenvalue weighted by atomic mass is 32.2. The van der Waals surface area contributed by atoms with Crippen LogP contribution in [-0.4, -0.2) is 22.9 Å². The van der Waals surface area contributed by atoms with Gasteiger partial charge in [0, 0.05) is 0 Å². The van der Waals surface area contributed by atoms with Crippen molar-refractivity contribution in [1.29, 1.82) is 0 Å². The zero-order chi connectivity index (χ0) is 14.7. The summed E-state index contributed by atoms with van der Waals surface area (Å²) in [5, 5.41) is 4.95. The maximum absolute atomic E-state index is 12.0. The Hall–Kier alpha value is -1.40. The molecule has 1 unspecified atom stereocenters.